The van der Waals surface area contributed by atoms with Crippen molar-refractivity contribution in [3.05, 3.63) is 132 Å². The van der Waals surface area contributed by atoms with Gasteiger partial charge in [0.15, 0.2) is 16.3 Å². The molecule has 5 aromatic rings. The van der Waals surface area contributed by atoms with Gasteiger partial charge >= 0.3 is 5.97 Å². The number of ether oxygens (including phenoxy) is 2. The van der Waals surface area contributed by atoms with Crippen LogP contribution in [0.2, 0.25) is 0 Å². The largest absolute Gasteiger partial charge is 0.493 e. The Morgan fingerprint density at radius 3 is 2.65 bits per heavy atom. The van der Waals surface area contributed by atoms with E-state index in [1.807, 2.05) is 30.3 Å². The second kappa shape index (κ2) is 10.6. The van der Waals surface area contributed by atoms with E-state index < -0.39 is 5.97 Å². The summed E-state index contributed by atoms with van der Waals surface area (Å²) < 4.78 is 19.4. The number of carboxylic acid groups (broad SMARTS) is 1. The summed E-state index contributed by atoms with van der Waals surface area (Å²) in [4.78, 5) is 31.2. The first-order valence-electron chi connectivity index (χ1n) is 13.7. The van der Waals surface area contributed by atoms with Crippen LogP contribution in [0.1, 0.15) is 45.3 Å². The highest BCUT2D eigenvalue weighted by molar-refractivity contribution is 7.07. The monoisotopic (exact) mass is 590 g/mol. The smallest absolute Gasteiger partial charge is 0.335 e. The molecule has 8 nitrogen and oxygen atoms in total. The molecule has 0 amide bonds. The van der Waals surface area contributed by atoms with E-state index >= 15 is 0 Å². The predicted octanol–water partition coefficient (Wildman–Crippen LogP) is 5.29. The molecule has 214 valence electrons. The average Bonchev–Trinajstić information content (AvgIpc) is 3.63. The lowest BCUT2D eigenvalue weighted by atomic mass is 9.83. The van der Waals surface area contributed by atoms with E-state index in [-0.39, 0.29) is 17.2 Å². The van der Waals surface area contributed by atoms with Gasteiger partial charge in [0.25, 0.3) is 5.56 Å². The highest BCUT2D eigenvalue weighted by atomic mass is 32.1. The number of allylic oxidation sites excluding steroid dienone is 1. The van der Waals surface area contributed by atoms with Crippen molar-refractivity contribution in [2.45, 2.75) is 18.9 Å². The molecule has 7 rings (SSSR count). The van der Waals surface area contributed by atoms with Crippen LogP contribution in [0, 0.1) is 0 Å². The minimum Gasteiger partial charge on any atom is -0.493 e. The molecule has 1 N–H and O–H groups in total. The zero-order chi connectivity index (χ0) is 29.7. The average molecular weight is 591 g/mol. The lowest BCUT2D eigenvalue weighted by molar-refractivity contribution is 0.0697. The summed E-state index contributed by atoms with van der Waals surface area (Å²) in [5, 5.41) is 9.36. The van der Waals surface area contributed by atoms with Crippen molar-refractivity contribution >= 4 is 29.1 Å². The molecule has 0 unspecified atom stereocenters. The molecule has 0 saturated carbocycles. The van der Waals surface area contributed by atoms with Crippen molar-refractivity contribution in [3.8, 4) is 22.8 Å². The standard InChI is InChI=1S/C34H26N2O6S/c1-40-27-14-11-21(17-28(27)41-2)31-25-13-10-19-6-3-4-9-24(19)30(25)35-34-36(31)32(37)29(43-34)18-23-12-15-26(42-23)20-7-5-8-22(16-20)33(38)39/h3-9,11-12,14-18,31H,10,13H2,1-2H3,(H,38,39)/b29-18+/t31-/m1/s1. The maximum absolute atomic E-state index is 14.1. The number of aromatic nitrogens is 1. The van der Waals surface area contributed by atoms with Gasteiger partial charge in [0.2, 0.25) is 0 Å². The van der Waals surface area contributed by atoms with Crippen LogP contribution in [-0.2, 0) is 6.42 Å². The third kappa shape index (κ3) is 4.58. The molecular weight excluding hydrogens is 564 g/mol. The topological polar surface area (TPSA) is 103 Å². The number of hydrogen-bond acceptors (Lipinski definition) is 7. The van der Waals surface area contributed by atoms with Gasteiger partial charge in [0.05, 0.1) is 36.1 Å². The van der Waals surface area contributed by atoms with E-state index in [2.05, 4.69) is 12.1 Å². The van der Waals surface area contributed by atoms with Crippen LogP contribution in [0.25, 0.3) is 23.1 Å². The van der Waals surface area contributed by atoms with Crippen LogP contribution >= 0.6 is 11.3 Å². The SMILES string of the molecule is COc1ccc([C@@H]2C3=C(N=c4s/c(=C/c5ccc(-c6cccc(C(=O)O)c6)o5)c(=O)n42)c2ccccc2CC3)cc1OC. The fourth-order valence-electron chi connectivity index (χ4n) is 5.87. The number of methoxy groups -OCH3 is 2. The van der Waals surface area contributed by atoms with E-state index in [1.165, 1.54) is 23.0 Å². The Kier molecular flexibility index (Phi) is 6.59. The van der Waals surface area contributed by atoms with Gasteiger partial charge in [-0.1, -0.05) is 53.8 Å². The molecule has 9 heteroatoms. The van der Waals surface area contributed by atoms with Crippen molar-refractivity contribution in [2.75, 3.05) is 14.2 Å². The number of carboxylic acids is 1. The summed E-state index contributed by atoms with van der Waals surface area (Å²) in [6, 6.07) is 23.8. The van der Waals surface area contributed by atoms with E-state index in [1.54, 1.807) is 55.2 Å². The zero-order valence-corrected chi connectivity index (χ0v) is 24.2. The lowest BCUT2D eigenvalue weighted by Gasteiger charge is -2.31. The fourth-order valence-corrected chi connectivity index (χ4v) is 6.85. The Balaban J connectivity index is 1.39. The Morgan fingerprint density at radius 2 is 1.84 bits per heavy atom. The molecule has 1 aliphatic heterocycles. The van der Waals surface area contributed by atoms with Gasteiger partial charge < -0.3 is 19.0 Å². The summed E-state index contributed by atoms with van der Waals surface area (Å²) >= 11 is 1.32. The summed E-state index contributed by atoms with van der Waals surface area (Å²) in [7, 11) is 3.20. The molecule has 0 fully saturated rings. The second-order valence-corrected chi connectivity index (χ2v) is 11.3. The van der Waals surface area contributed by atoms with Gasteiger partial charge in [-0.3, -0.25) is 9.36 Å². The number of hydrogen-bond donors (Lipinski definition) is 1. The quantitative estimate of drug-likeness (QED) is 0.288. The number of rotatable bonds is 6. The fraction of sp³-hybridized carbons (Fsp3) is 0.147. The number of benzene rings is 3. The molecule has 3 heterocycles. The maximum atomic E-state index is 14.1. The molecule has 0 bridgehead atoms. The van der Waals surface area contributed by atoms with Gasteiger partial charge in [-0.2, -0.15) is 0 Å². The molecule has 0 saturated heterocycles. The van der Waals surface area contributed by atoms with Gasteiger partial charge in [0.1, 0.15) is 11.5 Å². The molecule has 0 radical (unpaired) electrons. The highest BCUT2D eigenvalue weighted by Crippen LogP contribution is 2.42. The van der Waals surface area contributed by atoms with E-state index in [9.17, 15) is 14.7 Å². The van der Waals surface area contributed by atoms with E-state index in [4.69, 9.17) is 18.9 Å². The molecule has 0 spiro atoms. The number of thiazole rings is 1. The molecule has 2 aromatic heterocycles. The van der Waals surface area contributed by atoms with Crippen LogP contribution in [-0.4, -0.2) is 29.9 Å². The third-order valence-electron chi connectivity index (χ3n) is 7.89. The number of nitrogens with zero attached hydrogens (tertiary/aromatic N) is 2. The van der Waals surface area contributed by atoms with Crippen LogP contribution in [0.15, 0.2) is 98.6 Å². The molecule has 1 atom stereocenters. The van der Waals surface area contributed by atoms with Crippen LogP contribution in [0.4, 0.5) is 0 Å². The van der Waals surface area contributed by atoms with E-state index in [0.29, 0.717) is 37.9 Å². The van der Waals surface area contributed by atoms with Crippen molar-refractivity contribution in [1.82, 2.24) is 4.57 Å². The minimum absolute atomic E-state index is 0.167. The first-order valence-corrected chi connectivity index (χ1v) is 14.6. The summed E-state index contributed by atoms with van der Waals surface area (Å²) in [6.45, 7) is 0. The maximum Gasteiger partial charge on any atom is 0.335 e. The number of furan rings is 1. The number of aryl methyl sites for hydroxylation is 1. The number of aromatic carboxylic acids is 1. The van der Waals surface area contributed by atoms with Crippen molar-refractivity contribution in [1.29, 1.82) is 0 Å². The van der Waals surface area contributed by atoms with Crippen LogP contribution in [0.5, 0.6) is 11.5 Å². The van der Waals surface area contributed by atoms with Gasteiger partial charge in [0, 0.05) is 17.2 Å². The highest BCUT2D eigenvalue weighted by Gasteiger charge is 2.33. The molecule has 2 aliphatic rings. The molecule has 3 aromatic carbocycles. The summed E-state index contributed by atoms with van der Waals surface area (Å²) in [5.74, 6) is 1.19. The van der Waals surface area contributed by atoms with Crippen molar-refractivity contribution < 1.29 is 23.8 Å². The van der Waals surface area contributed by atoms with Crippen molar-refractivity contribution in [3.63, 3.8) is 0 Å². The Bertz CT molecular complexity index is 2130. The van der Waals surface area contributed by atoms with Gasteiger partial charge in [-0.15, -0.1) is 0 Å². The Hall–Kier alpha value is -5.15. The number of carbonyl (C=O) groups is 1. The lowest BCUT2D eigenvalue weighted by Crippen LogP contribution is -2.38. The number of fused-ring (bicyclic) bond motifs is 3. The Morgan fingerprint density at radius 1 is 1.00 bits per heavy atom. The van der Waals surface area contributed by atoms with Crippen LogP contribution in [0.3, 0.4) is 0 Å². The van der Waals surface area contributed by atoms with E-state index in [0.717, 1.165) is 35.2 Å². The summed E-state index contributed by atoms with van der Waals surface area (Å²) in [5.41, 5.74) is 5.88. The third-order valence-corrected chi connectivity index (χ3v) is 8.87. The first kappa shape index (κ1) is 26.7. The minimum atomic E-state index is -1.01. The molecular formula is C34H26N2O6S. The first-order chi connectivity index (χ1) is 20.9. The predicted molar refractivity (Wildman–Crippen MR) is 163 cm³/mol. The Labute approximate surface area is 250 Å². The zero-order valence-electron chi connectivity index (χ0n) is 23.4. The molecule has 43 heavy (non-hydrogen) atoms. The summed E-state index contributed by atoms with van der Waals surface area (Å²) in [6.07, 6.45) is 3.35. The molecule has 1 aliphatic carbocycles. The van der Waals surface area contributed by atoms with Gasteiger partial charge in [-0.25, -0.2) is 9.79 Å². The second-order valence-electron chi connectivity index (χ2n) is 10.3. The van der Waals surface area contributed by atoms with Crippen molar-refractivity contribution in [2.24, 2.45) is 4.99 Å². The van der Waals surface area contributed by atoms with Gasteiger partial charge in [-0.05, 0) is 65.9 Å². The normalized spacial score (nSPS) is 15.8. The van der Waals surface area contributed by atoms with Crippen LogP contribution < -0.4 is 24.4 Å².